The topological polar surface area (TPSA) is 76.3 Å². The van der Waals surface area contributed by atoms with E-state index in [4.69, 9.17) is 10.6 Å². The molecule has 1 atom stereocenters. The normalized spacial score (nSPS) is 18.9. The van der Waals surface area contributed by atoms with Crippen LogP contribution in [0.3, 0.4) is 0 Å². The summed E-state index contributed by atoms with van der Waals surface area (Å²) < 4.78 is 5.65. The van der Waals surface area contributed by atoms with Gasteiger partial charge in [-0.3, -0.25) is 0 Å². The first-order valence-electron chi connectivity index (χ1n) is 6.39. The Kier molecular flexibility index (Phi) is 4.33. The number of nitrogens with one attached hydrogen (secondary N) is 1. The average Bonchev–Trinajstić information content (AvgIpc) is 2.90. The molecule has 1 saturated heterocycles. The molecule has 0 radical (unpaired) electrons. The highest BCUT2D eigenvalue weighted by Gasteiger charge is 2.20. The van der Waals surface area contributed by atoms with Crippen molar-refractivity contribution in [1.29, 1.82) is 0 Å². The van der Waals surface area contributed by atoms with E-state index in [0.29, 0.717) is 11.9 Å². The molecule has 1 fully saturated rings. The van der Waals surface area contributed by atoms with E-state index < -0.39 is 0 Å². The third-order valence-electron chi connectivity index (χ3n) is 3.28. The third-order valence-corrected chi connectivity index (χ3v) is 3.28. The van der Waals surface area contributed by atoms with Crippen LogP contribution in [0.25, 0.3) is 0 Å². The second kappa shape index (κ2) is 5.97. The Bertz CT molecular complexity index is 392. The number of nitrogens with zero attached hydrogens (tertiary/aromatic N) is 3. The molecular formula is C12H21N5O. The molecule has 0 bridgehead atoms. The maximum atomic E-state index is 5.65. The van der Waals surface area contributed by atoms with Gasteiger partial charge < -0.3 is 15.1 Å². The van der Waals surface area contributed by atoms with Crippen molar-refractivity contribution in [1.82, 2.24) is 9.97 Å². The van der Waals surface area contributed by atoms with Crippen molar-refractivity contribution in [2.75, 3.05) is 30.5 Å². The fourth-order valence-electron chi connectivity index (χ4n) is 2.36. The molecule has 18 heavy (non-hydrogen) atoms. The maximum Gasteiger partial charge on any atom is 0.148 e. The van der Waals surface area contributed by atoms with Crippen molar-refractivity contribution < 1.29 is 4.74 Å². The molecule has 2 heterocycles. The number of ether oxygens (including phenoxy) is 1. The molecular weight excluding hydrogens is 230 g/mol. The van der Waals surface area contributed by atoms with Gasteiger partial charge in [0.2, 0.25) is 0 Å². The van der Waals surface area contributed by atoms with E-state index in [9.17, 15) is 0 Å². The molecule has 3 N–H and O–H groups in total. The van der Waals surface area contributed by atoms with Crippen molar-refractivity contribution in [3.63, 3.8) is 0 Å². The summed E-state index contributed by atoms with van der Waals surface area (Å²) >= 11 is 0. The monoisotopic (exact) mass is 251 g/mol. The molecule has 2 rings (SSSR count). The van der Waals surface area contributed by atoms with Gasteiger partial charge >= 0.3 is 0 Å². The first-order valence-corrected chi connectivity index (χ1v) is 6.39. The maximum absolute atomic E-state index is 5.65. The Hall–Kier alpha value is -1.40. The summed E-state index contributed by atoms with van der Waals surface area (Å²) in [5.41, 5.74) is 3.67. The number of aromatic nitrogens is 2. The fourth-order valence-corrected chi connectivity index (χ4v) is 2.36. The number of hydrazine groups is 1. The van der Waals surface area contributed by atoms with Crippen LogP contribution in [0.4, 0.5) is 11.6 Å². The second-order valence-electron chi connectivity index (χ2n) is 4.54. The van der Waals surface area contributed by atoms with E-state index in [2.05, 4.69) is 27.2 Å². The zero-order valence-electron chi connectivity index (χ0n) is 11.0. The molecule has 100 valence electrons. The number of hydrogen-bond acceptors (Lipinski definition) is 6. The number of nitrogens with two attached hydrogens (primary N) is 1. The first-order chi connectivity index (χ1) is 8.76. The lowest BCUT2D eigenvalue weighted by molar-refractivity contribution is 0.116. The molecule has 1 unspecified atom stereocenters. The summed E-state index contributed by atoms with van der Waals surface area (Å²) in [6, 6.07) is 0. The molecule has 1 aliphatic heterocycles. The van der Waals surface area contributed by atoms with Crippen LogP contribution in [0.5, 0.6) is 0 Å². The number of likely N-dealkylation sites (N-methyl/N-ethyl adjacent to an activating group) is 1. The van der Waals surface area contributed by atoms with Gasteiger partial charge in [0, 0.05) is 25.8 Å². The van der Waals surface area contributed by atoms with Crippen LogP contribution < -0.4 is 16.2 Å². The molecule has 1 aromatic heterocycles. The highest BCUT2D eigenvalue weighted by atomic mass is 16.5. The van der Waals surface area contributed by atoms with Gasteiger partial charge in [-0.15, -0.1) is 0 Å². The van der Waals surface area contributed by atoms with Crippen LogP contribution in [0.1, 0.15) is 25.3 Å². The Balaban J connectivity index is 2.15. The quantitative estimate of drug-likeness (QED) is 0.599. The summed E-state index contributed by atoms with van der Waals surface area (Å²) in [6.45, 7) is 3.80. The van der Waals surface area contributed by atoms with Crippen LogP contribution in [0.15, 0.2) is 6.33 Å². The Morgan fingerprint density at radius 1 is 1.56 bits per heavy atom. The van der Waals surface area contributed by atoms with Crippen molar-refractivity contribution >= 4 is 11.6 Å². The smallest absolute Gasteiger partial charge is 0.148 e. The number of rotatable bonds is 5. The molecule has 6 nitrogen and oxygen atoms in total. The van der Waals surface area contributed by atoms with Gasteiger partial charge in [0.05, 0.1) is 6.10 Å². The summed E-state index contributed by atoms with van der Waals surface area (Å²) in [5, 5.41) is 0. The Morgan fingerprint density at radius 3 is 3.00 bits per heavy atom. The predicted octanol–water partition coefficient (Wildman–Crippen LogP) is 0.940. The molecule has 0 aliphatic carbocycles. The molecule has 0 amide bonds. The van der Waals surface area contributed by atoms with Gasteiger partial charge in [0.15, 0.2) is 0 Å². The molecule has 1 aromatic rings. The lowest BCUT2D eigenvalue weighted by atomic mass is 10.2. The molecule has 0 aromatic carbocycles. The minimum Gasteiger partial charge on any atom is -0.376 e. The van der Waals surface area contributed by atoms with E-state index in [0.717, 1.165) is 43.8 Å². The van der Waals surface area contributed by atoms with Crippen LogP contribution in [0.2, 0.25) is 0 Å². The SMILES string of the molecule is CCc1c(NN)ncnc1N(C)CC1CCCO1. The van der Waals surface area contributed by atoms with Crippen LogP contribution >= 0.6 is 0 Å². The van der Waals surface area contributed by atoms with Crippen LogP contribution in [-0.4, -0.2) is 36.3 Å². The molecule has 6 heteroatoms. The minimum absolute atomic E-state index is 0.309. The van der Waals surface area contributed by atoms with Crippen molar-refractivity contribution in [3.05, 3.63) is 11.9 Å². The van der Waals surface area contributed by atoms with Gasteiger partial charge in [-0.25, -0.2) is 15.8 Å². The fraction of sp³-hybridized carbons (Fsp3) is 0.667. The van der Waals surface area contributed by atoms with Crippen LogP contribution in [0, 0.1) is 0 Å². The summed E-state index contributed by atoms with van der Waals surface area (Å²) in [4.78, 5) is 10.6. The van der Waals surface area contributed by atoms with Crippen LogP contribution in [-0.2, 0) is 11.2 Å². The largest absolute Gasteiger partial charge is 0.376 e. The number of anilines is 2. The van der Waals surface area contributed by atoms with E-state index in [1.165, 1.54) is 6.33 Å². The third kappa shape index (κ3) is 2.70. The molecule has 0 saturated carbocycles. The van der Waals surface area contributed by atoms with Gasteiger partial charge in [-0.1, -0.05) is 6.92 Å². The van der Waals surface area contributed by atoms with E-state index in [-0.39, 0.29) is 0 Å². The van der Waals surface area contributed by atoms with Gasteiger partial charge in [0.25, 0.3) is 0 Å². The van der Waals surface area contributed by atoms with E-state index >= 15 is 0 Å². The van der Waals surface area contributed by atoms with Gasteiger partial charge in [0.1, 0.15) is 18.0 Å². The first kappa shape index (κ1) is 13.0. The standard InChI is InChI=1S/C12H21N5O/c1-3-10-11(16-13)14-8-15-12(10)17(2)7-9-5-4-6-18-9/h8-9H,3-7,13H2,1-2H3,(H,14,15,16). The van der Waals surface area contributed by atoms with E-state index in [1.54, 1.807) is 0 Å². The van der Waals surface area contributed by atoms with E-state index in [1.807, 2.05) is 7.05 Å². The lowest BCUT2D eigenvalue weighted by Crippen LogP contribution is -2.30. The Morgan fingerprint density at radius 2 is 2.39 bits per heavy atom. The highest BCUT2D eigenvalue weighted by molar-refractivity contribution is 5.58. The lowest BCUT2D eigenvalue weighted by Gasteiger charge is -2.24. The second-order valence-corrected chi connectivity index (χ2v) is 4.54. The van der Waals surface area contributed by atoms with Crippen molar-refractivity contribution in [2.45, 2.75) is 32.3 Å². The van der Waals surface area contributed by atoms with Crippen molar-refractivity contribution in [3.8, 4) is 0 Å². The number of hydrogen-bond donors (Lipinski definition) is 2. The molecule has 0 spiro atoms. The zero-order valence-corrected chi connectivity index (χ0v) is 11.0. The zero-order chi connectivity index (χ0) is 13.0. The Labute approximate surface area is 108 Å². The van der Waals surface area contributed by atoms with Gasteiger partial charge in [-0.2, -0.15) is 0 Å². The highest BCUT2D eigenvalue weighted by Crippen LogP contribution is 2.24. The summed E-state index contributed by atoms with van der Waals surface area (Å²) in [6.07, 6.45) is 4.96. The van der Waals surface area contributed by atoms with Crippen molar-refractivity contribution in [2.24, 2.45) is 5.84 Å². The average molecular weight is 251 g/mol. The summed E-state index contributed by atoms with van der Waals surface area (Å²) in [7, 11) is 2.03. The minimum atomic E-state index is 0.309. The predicted molar refractivity (Wildman–Crippen MR) is 71.5 cm³/mol. The van der Waals surface area contributed by atoms with Gasteiger partial charge in [-0.05, 0) is 19.3 Å². The molecule has 1 aliphatic rings. The number of nitrogen functional groups attached to an aromatic ring is 1. The summed E-state index contributed by atoms with van der Waals surface area (Å²) in [5.74, 6) is 7.10.